The molecular formula is C12H13N3O2S. The van der Waals surface area contributed by atoms with E-state index in [1.807, 2.05) is 6.20 Å². The van der Waals surface area contributed by atoms with Gasteiger partial charge in [-0.1, -0.05) is 6.92 Å². The molecule has 0 aliphatic heterocycles. The SMILES string of the molecule is CCc1ncc(CNc2ccc([N+](=O)[O-])cc2)s1. The van der Waals surface area contributed by atoms with Gasteiger partial charge in [-0.15, -0.1) is 11.3 Å². The highest BCUT2D eigenvalue weighted by atomic mass is 32.1. The summed E-state index contributed by atoms with van der Waals surface area (Å²) >= 11 is 1.68. The summed E-state index contributed by atoms with van der Waals surface area (Å²) in [5.74, 6) is 0. The molecule has 0 fully saturated rings. The van der Waals surface area contributed by atoms with Crippen LogP contribution in [0.15, 0.2) is 30.5 Å². The smallest absolute Gasteiger partial charge is 0.269 e. The number of hydrogen-bond donors (Lipinski definition) is 1. The number of anilines is 1. The molecule has 0 aliphatic carbocycles. The molecule has 1 heterocycles. The lowest BCUT2D eigenvalue weighted by atomic mass is 10.3. The van der Waals surface area contributed by atoms with E-state index in [-0.39, 0.29) is 5.69 Å². The molecule has 1 N–H and O–H groups in total. The first-order valence-electron chi connectivity index (χ1n) is 5.61. The first kappa shape index (κ1) is 12.5. The minimum atomic E-state index is -0.402. The van der Waals surface area contributed by atoms with Crippen molar-refractivity contribution in [2.75, 3.05) is 5.32 Å². The van der Waals surface area contributed by atoms with E-state index in [1.165, 1.54) is 12.1 Å². The van der Waals surface area contributed by atoms with Crippen LogP contribution in [0.2, 0.25) is 0 Å². The third-order valence-corrected chi connectivity index (χ3v) is 3.59. The molecule has 2 aromatic rings. The highest BCUT2D eigenvalue weighted by molar-refractivity contribution is 7.11. The molecule has 0 saturated carbocycles. The first-order chi connectivity index (χ1) is 8.69. The van der Waals surface area contributed by atoms with Gasteiger partial charge in [0.25, 0.3) is 5.69 Å². The molecule has 0 aliphatic rings. The maximum Gasteiger partial charge on any atom is 0.269 e. The number of thiazole rings is 1. The zero-order chi connectivity index (χ0) is 13.0. The van der Waals surface area contributed by atoms with E-state index in [2.05, 4.69) is 17.2 Å². The second-order valence-electron chi connectivity index (χ2n) is 3.73. The van der Waals surface area contributed by atoms with Gasteiger partial charge >= 0.3 is 0 Å². The van der Waals surface area contributed by atoms with Gasteiger partial charge in [0, 0.05) is 28.9 Å². The summed E-state index contributed by atoms with van der Waals surface area (Å²) in [6, 6.07) is 6.40. The molecule has 18 heavy (non-hydrogen) atoms. The van der Waals surface area contributed by atoms with E-state index in [0.29, 0.717) is 6.54 Å². The van der Waals surface area contributed by atoms with Crippen molar-refractivity contribution in [2.45, 2.75) is 19.9 Å². The third-order valence-electron chi connectivity index (χ3n) is 2.45. The van der Waals surface area contributed by atoms with E-state index < -0.39 is 4.92 Å². The third kappa shape index (κ3) is 3.04. The molecule has 0 amide bonds. The van der Waals surface area contributed by atoms with E-state index in [4.69, 9.17) is 0 Å². The quantitative estimate of drug-likeness (QED) is 0.664. The van der Waals surface area contributed by atoms with Crippen LogP contribution in [0.25, 0.3) is 0 Å². The van der Waals surface area contributed by atoms with Crippen molar-refractivity contribution in [3.63, 3.8) is 0 Å². The van der Waals surface area contributed by atoms with Gasteiger partial charge in [0.1, 0.15) is 0 Å². The van der Waals surface area contributed by atoms with Gasteiger partial charge in [-0.25, -0.2) is 4.98 Å². The number of nitro benzene ring substituents is 1. The zero-order valence-electron chi connectivity index (χ0n) is 9.92. The Morgan fingerprint density at radius 1 is 1.39 bits per heavy atom. The minimum absolute atomic E-state index is 0.103. The summed E-state index contributed by atoms with van der Waals surface area (Å²) in [5.41, 5.74) is 0.971. The Morgan fingerprint density at radius 3 is 2.67 bits per heavy atom. The van der Waals surface area contributed by atoms with Crippen molar-refractivity contribution in [3.05, 3.63) is 50.5 Å². The number of nitrogens with one attached hydrogen (secondary N) is 1. The Hall–Kier alpha value is -1.95. The largest absolute Gasteiger partial charge is 0.380 e. The van der Waals surface area contributed by atoms with Crippen molar-refractivity contribution in [1.82, 2.24) is 4.98 Å². The number of rotatable bonds is 5. The lowest BCUT2D eigenvalue weighted by Crippen LogP contribution is -1.97. The monoisotopic (exact) mass is 263 g/mol. The maximum atomic E-state index is 10.5. The number of aromatic nitrogens is 1. The summed E-state index contributed by atoms with van der Waals surface area (Å²) in [6.45, 7) is 2.77. The van der Waals surface area contributed by atoms with Crippen molar-refractivity contribution in [1.29, 1.82) is 0 Å². The summed E-state index contributed by atoms with van der Waals surface area (Å²) in [4.78, 5) is 15.5. The van der Waals surface area contributed by atoms with Gasteiger partial charge in [0.2, 0.25) is 0 Å². The average molecular weight is 263 g/mol. The second-order valence-corrected chi connectivity index (χ2v) is 4.93. The normalized spacial score (nSPS) is 10.3. The molecule has 94 valence electrons. The molecule has 0 unspecified atom stereocenters. The Labute approximate surface area is 109 Å². The van der Waals surface area contributed by atoms with Gasteiger partial charge < -0.3 is 5.32 Å². The Kier molecular flexibility index (Phi) is 3.88. The lowest BCUT2D eigenvalue weighted by molar-refractivity contribution is -0.384. The lowest BCUT2D eigenvalue weighted by Gasteiger charge is -2.03. The predicted octanol–water partition coefficient (Wildman–Crippen LogP) is 3.23. The predicted molar refractivity (Wildman–Crippen MR) is 71.9 cm³/mol. The van der Waals surface area contributed by atoms with Crippen LogP contribution in [0.3, 0.4) is 0 Å². The van der Waals surface area contributed by atoms with Crippen LogP contribution in [0.4, 0.5) is 11.4 Å². The minimum Gasteiger partial charge on any atom is -0.380 e. The van der Waals surface area contributed by atoms with Crippen LogP contribution < -0.4 is 5.32 Å². The molecule has 5 nitrogen and oxygen atoms in total. The fourth-order valence-corrected chi connectivity index (χ4v) is 2.29. The number of non-ortho nitro benzene ring substituents is 1. The fraction of sp³-hybridized carbons (Fsp3) is 0.250. The summed E-state index contributed by atoms with van der Waals surface area (Å²) in [5, 5.41) is 14.8. The molecule has 0 saturated heterocycles. The van der Waals surface area contributed by atoms with Crippen LogP contribution in [0.5, 0.6) is 0 Å². The van der Waals surface area contributed by atoms with Crippen molar-refractivity contribution >= 4 is 22.7 Å². The fourth-order valence-electron chi connectivity index (χ4n) is 1.48. The van der Waals surface area contributed by atoms with E-state index in [0.717, 1.165) is 22.0 Å². The number of nitrogens with zero attached hydrogens (tertiary/aromatic N) is 2. The first-order valence-corrected chi connectivity index (χ1v) is 6.42. The number of nitro groups is 1. The molecule has 0 bridgehead atoms. The average Bonchev–Trinajstić information content (AvgIpc) is 2.85. The Balaban J connectivity index is 1.95. The van der Waals surface area contributed by atoms with Gasteiger partial charge in [-0.3, -0.25) is 10.1 Å². The van der Waals surface area contributed by atoms with Crippen LogP contribution in [0.1, 0.15) is 16.8 Å². The van der Waals surface area contributed by atoms with Crippen LogP contribution in [0, 0.1) is 10.1 Å². The van der Waals surface area contributed by atoms with Gasteiger partial charge in [-0.2, -0.15) is 0 Å². The molecule has 0 spiro atoms. The summed E-state index contributed by atoms with van der Waals surface area (Å²) in [6.07, 6.45) is 2.81. The van der Waals surface area contributed by atoms with Gasteiger partial charge in [0.05, 0.1) is 16.5 Å². The Bertz CT molecular complexity index is 537. The molecule has 2 rings (SSSR count). The molecule has 0 atom stereocenters. The zero-order valence-corrected chi connectivity index (χ0v) is 10.7. The van der Waals surface area contributed by atoms with Gasteiger partial charge in [0.15, 0.2) is 0 Å². The molecule has 6 heteroatoms. The van der Waals surface area contributed by atoms with Crippen molar-refractivity contribution < 1.29 is 4.92 Å². The summed E-state index contributed by atoms with van der Waals surface area (Å²) < 4.78 is 0. The number of aryl methyl sites for hydroxylation is 1. The van der Waals surface area contributed by atoms with Gasteiger partial charge in [-0.05, 0) is 18.6 Å². The molecule has 1 aromatic heterocycles. The number of benzene rings is 1. The van der Waals surface area contributed by atoms with Crippen LogP contribution in [-0.4, -0.2) is 9.91 Å². The van der Waals surface area contributed by atoms with Crippen molar-refractivity contribution in [2.24, 2.45) is 0 Å². The van der Waals surface area contributed by atoms with E-state index in [1.54, 1.807) is 23.5 Å². The standard InChI is InChI=1S/C12H13N3O2S/c1-2-12-14-8-11(18-12)7-13-9-3-5-10(6-4-9)15(16)17/h3-6,8,13H,2,7H2,1H3. The van der Waals surface area contributed by atoms with E-state index in [9.17, 15) is 10.1 Å². The molecular weight excluding hydrogens is 250 g/mol. The van der Waals surface area contributed by atoms with Crippen molar-refractivity contribution in [3.8, 4) is 0 Å². The second kappa shape index (κ2) is 5.59. The topological polar surface area (TPSA) is 68.1 Å². The van der Waals surface area contributed by atoms with Crippen LogP contribution >= 0.6 is 11.3 Å². The maximum absolute atomic E-state index is 10.5. The highest BCUT2D eigenvalue weighted by Crippen LogP contribution is 2.18. The Morgan fingerprint density at radius 2 is 2.11 bits per heavy atom. The highest BCUT2D eigenvalue weighted by Gasteiger charge is 2.04. The summed E-state index contributed by atoms with van der Waals surface area (Å²) in [7, 11) is 0. The van der Waals surface area contributed by atoms with Crippen LogP contribution in [-0.2, 0) is 13.0 Å². The van der Waals surface area contributed by atoms with E-state index >= 15 is 0 Å². The molecule has 0 radical (unpaired) electrons. The number of hydrogen-bond acceptors (Lipinski definition) is 5. The molecule has 1 aromatic carbocycles.